The summed E-state index contributed by atoms with van der Waals surface area (Å²) in [5, 5.41) is 11.8. The van der Waals surface area contributed by atoms with Crippen LogP contribution in [0.2, 0.25) is 0 Å². The van der Waals surface area contributed by atoms with Gasteiger partial charge in [-0.3, -0.25) is 0 Å². The second-order valence-electron chi connectivity index (χ2n) is 4.76. The van der Waals surface area contributed by atoms with E-state index in [4.69, 9.17) is 5.26 Å². The van der Waals surface area contributed by atoms with Gasteiger partial charge in [0, 0.05) is 19.6 Å². The first-order valence-corrected chi connectivity index (χ1v) is 7.77. The van der Waals surface area contributed by atoms with Crippen molar-refractivity contribution in [2.45, 2.75) is 43.4 Å². The van der Waals surface area contributed by atoms with E-state index >= 15 is 0 Å². The summed E-state index contributed by atoms with van der Waals surface area (Å²) in [4.78, 5) is 0. The molecule has 0 amide bonds. The van der Waals surface area contributed by atoms with Crippen molar-refractivity contribution in [3.05, 3.63) is 0 Å². The molecule has 1 saturated heterocycles. The van der Waals surface area contributed by atoms with Crippen molar-refractivity contribution in [2.75, 3.05) is 19.6 Å². The summed E-state index contributed by atoms with van der Waals surface area (Å²) >= 11 is 0. The Hall–Kier alpha value is -0.640. The van der Waals surface area contributed by atoms with Crippen LogP contribution in [0.4, 0.5) is 0 Å². The topological polar surface area (TPSA) is 73.2 Å². The Labute approximate surface area is 103 Å². The van der Waals surface area contributed by atoms with Crippen LogP contribution in [-0.4, -0.2) is 43.6 Å². The molecule has 0 spiro atoms. The van der Waals surface area contributed by atoms with E-state index in [0.29, 0.717) is 19.6 Å². The maximum absolute atomic E-state index is 12.5. The summed E-state index contributed by atoms with van der Waals surface area (Å²) < 4.78 is 26.3. The van der Waals surface area contributed by atoms with Gasteiger partial charge >= 0.3 is 0 Å². The van der Waals surface area contributed by atoms with E-state index in [1.54, 1.807) is 0 Å². The monoisotopic (exact) mass is 257 g/mol. The quantitative estimate of drug-likeness (QED) is 0.779. The van der Waals surface area contributed by atoms with Gasteiger partial charge in [0.05, 0.1) is 11.3 Å². The summed E-state index contributed by atoms with van der Waals surface area (Å²) in [6.45, 7) is 1.52. The highest BCUT2D eigenvalue weighted by Crippen LogP contribution is 2.27. The van der Waals surface area contributed by atoms with Gasteiger partial charge in [-0.25, -0.2) is 8.42 Å². The van der Waals surface area contributed by atoms with Gasteiger partial charge in [-0.2, -0.15) is 9.57 Å². The highest BCUT2D eigenvalue weighted by atomic mass is 32.2. The molecule has 1 aliphatic heterocycles. The molecule has 2 aliphatic rings. The first-order valence-electron chi connectivity index (χ1n) is 6.27. The van der Waals surface area contributed by atoms with Crippen molar-refractivity contribution in [3.8, 4) is 6.07 Å². The lowest BCUT2D eigenvalue weighted by molar-refractivity contribution is 0.303. The molecule has 1 atom stereocenters. The van der Waals surface area contributed by atoms with Gasteiger partial charge in [-0.1, -0.05) is 19.3 Å². The third-order valence-corrected chi connectivity index (χ3v) is 6.05. The molecule has 1 unspecified atom stereocenters. The second kappa shape index (κ2) is 5.34. The highest BCUT2D eigenvalue weighted by molar-refractivity contribution is 7.89. The fourth-order valence-electron chi connectivity index (χ4n) is 2.65. The van der Waals surface area contributed by atoms with Crippen LogP contribution in [0.25, 0.3) is 0 Å². The predicted molar refractivity (Wildman–Crippen MR) is 64.8 cm³/mol. The maximum Gasteiger partial charge on any atom is 0.218 e. The van der Waals surface area contributed by atoms with Crippen LogP contribution in [0.3, 0.4) is 0 Å². The van der Waals surface area contributed by atoms with Crippen molar-refractivity contribution in [1.29, 1.82) is 5.26 Å². The Kier molecular flexibility index (Phi) is 4.02. The molecule has 0 aromatic carbocycles. The number of piperazine rings is 1. The van der Waals surface area contributed by atoms with E-state index in [2.05, 4.69) is 11.4 Å². The first kappa shape index (κ1) is 12.8. The molecule has 2 rings (SSSR count). The molecule has 0 aromatic rings. The molecule has 0 radical (unpaired) electrons. The van der Waals surface area contributed by atoms with Crippen LogP contribution in [-0.2, 0) is 10.0 Å². The molecule has 1 aliphatic carbocycles. The molecule has 6 heteroatoms. The van der Waals surface area contributed by atoms with Gasteiger partial charge in [0.25, 0.3) is 0 Å². The molecule has 2 fully saturated rings. The average Bonchev–Trinajstić information content (AvgIpc) is 2.39. The van der Waals surface area contributed by atoms with Crippen LogP contribution < -0.4 is 5.32 Å². The van der Waals surface area contributed by atoms with Crippen molar-refractivity contribution in [3.63, 3.8) is 0 Å². The smallest absolute Gasteiger partial charge is 0.218 e. The van der Waals surface area contributed by atoms with Crippen LogP contribution in [0, 0.1) is 11.3 Å². The third kappa shape index (κ3) is 2.62. The molecular formula is C11H19N3O2S. The molecule has 96 valence electrons. The zero-order chi connectivity index (χ0) is 12.3. The van der Waals surface area contributed by atoms with E-state index in [0.717, 1.165) is 32.1 Å². The lowest BCUT2D eigenvalue weighted by Gasteiger charge is -2.35. The van der Waals surface area contributed by atoms with E-state index in [9.17, 15) is 8.42 Å². The molecule has 1 N–H and O–H groups in total. The normalized spacial score (nSPS) is 28.8. The molecule has 1 saturated carbocycles. The molecular weight excluding hydrogens is 238 g/mol. The molecule has 0 aromatic heterocycles. The number of nitriles is 1. The molecule has 1 heterocycles. The maximum atomic E-state index is 12.5. The summed E-state index contributed by atoms with van der Waals surface area (Å²) in [7, 11) is -3.28. The van der Waals surface area contributed by atoms with E-state index in [1.165, 1.54) is 4.31 Å². The Morgan fingerprint density at radius 3 is 2.59 bits per heavy atom. The second-order valence-corrected chi connectivity index (χ2v) is 6.93. The van der Waals surface area contributed by atoms with Gasteiger partial charge < -0.3 is 5.32 Å². The fourth-order valence-corrected chi connectivity index (χ4v) is 4.79. The Morgan fingerprint density at radius 2 is 1.94 bits per heavy atom. The lowest BCUT2D eigenvalue weighted by atomic mass is 10.0. The average molecular weight is 257 g/mol. The Bertz CT molecular complexity index is 395. The minimum Gasteiger partial charge on any atom is -0.313 e. The molecule has 0 bridgehead atoms. The van der Waals surface area contributed by atoms with Gasteiger partial charge in [0.1, 0.15) is 6.04 Å². The number of hydrogen-bond acceptors (Lipinski definition) is 4. The van der Waals surface area contributed by atoms with E-state index in [1.807, 2.05) is 0 Å². The SMILES string of the molecule is N#CC1CNCCN1S(=O)(=O)C1CCCCC1. The van der Waals surface area contributed by atoms with Gasteiger partial charge in [-0.15, -0.1) is 0 Å². The number of rotatable bonds is 2. The summed E-state index contributed by atoms with van der Waals surface area (Å²) in [5.41, 5.74) is 0. The number of hydrogen-bond donors (Lipinski definition) is 1. The third-order valence-electron chi connectivity index (χ3n) is 3.64. The Balaban J connectivity index is 2.15. The van der Waals surface area contributed by atoms with Crippen LogP contribution in [0.5, 0.6) is 0 Å². The predicted octanol–water partition coefficient (Wildman–Crippen LogP) is 0.446. The van der Waals surface area contributed by atoms with Gasteiger partial charge in [0.2, 0.25) is 10.0 Å². The Morgan fingerprint density at radius 1 is 1.24 bits per heavy atom. The highest BCUT2D eigenvalue weighted by Gasteiger charge is 2.38. The fraction of sp³-hybridized carbons (Fsp3) is 0.909. The van der Waals surface area contributed by atoms with Crippen LogP contribution in [0.1, 0.15) is 32.1 Å². The largest absolute Gasteiger partial charge is 0.313 e. The van der Waals surface area contributed by atoms with Gasteiger partial charge in [0.15, 0.2) is 0 Å². The lowest BCUT2D eigenvalue weighted by Crippen LogP contribution is -2.55. The van der Waals surface area contributed by atoms with E-state index < -0.39 is 16.1 Å². The van der Waals surface area contributed by atoms with E-state index in [-0.39, 0.29) is 5.25 Å². The summed E-state index contributed by atoms with van der Waals surface area (Å²) in [6, 6.07) is 1.55. The van der Waals surface area contributed by atoms with Crippen molar-refractivity contribution >= 4 is 10.0 Å². The molecule has 5 nitrogen and oxygen atoms in total. The zero-order valence-corrected chi connectivity index (χ0v) is 10.7. The first-order chi connectivity index (χ1) is 8.16. The summed E-state index contributed by atoms with van der Waals surface area (Å²) in [5.74, 6) is 0. The number of nitrogens with zero attached hydrogens (tertiary/aromatic N) is 2. The van der Waals surface area contributed by atoms with Crippen LogP contribution >= 0.6 is 0 Å². The van der Waals surface area contributed by atoms with Crippen LogP contribution in [0.15, 0.2) is 0 Å². The number of nitrogens with one attached hydrogen (secondary N) is 1. The number of sulfonamides is 1. The van der Waals surface area contributed by atoms with Crippen molar-refractivity contribution < 1.29 is 8.42 Å². The minimum absolute atomic E-state index is 0.259. The zero-order valence-electron chi connectivity index (χ0n) is 9.93. The van der Waals surface area contributed by atoms with Crippen molar-refractivity contribution in [1.82, 2.24) is 9.62 Å². The summed E-state index contributed by atoms with van der Waals surface area (Å²) in [6.07, 6.45) is 4.63. The van der Waals surface area contributed by atoms with Crippen molar-refractivity contribution in [2.24, 2.45) is 0 Å². The standard InChI is InChI=1S/C11H19N3O2S/c12-8-10-9-13-6-7-14(10)17(15,16)11-4-2-1-3-5-11/h10-11,13H,1-7,9H2. The molecule has 17 heavy (non-hydrogen) atoms. The van der Waals surface area contributed by atoms with Gasteiger partial charge in [-0.05, 0) is 12.8 Å². The minimum atomic E-state index is -3.28.